The van der Waals surface area contributed by atoms with Crippen molar-refractivity contribution in [2.75, 3.05) is 5.73 Å². The van der Waals surface area contributed by atoms with E-state index in [9.17, 15) is 0 Å². The number of nitrogen functional groups attached to an aromatic ring is 1. The van der Waals surface area contributed by atoms with E-state index < -0.39 is 8.32 Å². The van der Waals surface area contributed by atoms with E-state index in [0.29, 0.717) is 16.4 Å². The van der Waals surface area contributed by atoms with Crippen molar-refractivity contribution in [3.8, 4) is 5.19 Å². The lowest BCUT2D eigenvalue weighted by atomic mass is 9.95. The first kappa shape index (κ1) is 16.7. The van der Waals surface area contributed by atoms with E-state index in [4.69, 9.17) is 14.9 Å². The molecule has 1 aromatic rings. The maximum Gasteiger partial charge on any atom is 0.296 e. The minimum Gasteiger partial charge on any atom is -0.466 e. The van der Waals surface area contributed by atoms with Crippen LogP contribution in [0.5, 0.6) is 5.19 Å². The normalized spacial score (nSPS) is 24.0. The van der Waals surface area contributed by atoms with Crippen molar-refractivity contribution in [2.45, 2.75) is 76.8 Å². The van der Waals surface area contributed by atoms with Crippen LogP contribution in [0.1, 0.15) is 46.5 Å². The molecule has 0 bridgehead atoms. The molecule has 2 rings (SSSR count). The van der Waals surface area contributed by atoms with Crippen molar-refractivity contribution < 1.29 is 9.16 Å². The van der Waals surface area contributed by atoms with Crippen molar-refractivity contribution in [3.05, 3.63) is 0 Å². The first-order chi connectivity index (χ1) is 9.67. The summed E-state index contributed by atoms with van der Waals surface area (Å²) >= 11 is 1.30. The van der Waals surface area contributed by atoms with Gasteiger partial charge in [0.15, 0.2) is 8.32 Å². The summed E-state index contributed by atoms with van der Waals surface area (Å²) in [5.74, 6) is 0. The standard InChI is InChI=1S/C14H27N3O2SSi/c1-14(2,3)21(4,5)19-11-8-6-10(7-9-11)18-13-17-16-12(15)20-13/h10-11H,6-9H2,1-5H3,(H2,15,16). The number of hydrogen-bond donors (Lipinski definition) is 1. The lowest BCUT2D eigenvalue weighted by Gasteiger charge is -2.41. The maximum atomic E-state index is 6.48. The van der Waals surface area contributed by atoms with Crippen molar-refractivity contribution in [3.63, 3.8) is 0 Å². The fourth-order valence-electron chi connectivity index (χ4n) is 2.27. The average molecular weight is 330 g/mol. The smallest absolute Gasteiger partial charge is 0.296 e. The van der Waals surface area contributed by atoms with Crippen LogP contribution in [0.3, 0.4) is 0 Å². The molecule has 0 saturated heterocycles. The van der Waals surface area contributed by atoms with E-state index in [2.05, 4.69) is 44.1 Å². The Morgan fingerprint density at radius 1 is 1.10 bits per heavy atom. The molecule has 7 heteroatoms. The van der Waals surface area contributed by atoms with Crippen LogP contribution in [-0.4, -0.2) is 30.7 Å². The number of rotatable bonds is 4. The molecule has 1 aromatic heterocycles. The van der Waals surface area contributed by atoms with Crippen molar-refractivity contribution in [2.24, 2.45) is 0 Å². The van der Waals surface area contributed by atoms with E-state index in [0.717, 1.165) is 25.7 Å². The summed E-state index contributed by atoms with van der Waals surface area (Å²) in [4.78, 5) is 0. The van der Waals surface area contributed by atoms with Gasteiger partial charge in [0.1, 0.15) is 6.10 Å². The Morgan fingerprint density at radius 2 is 1.67 bits per heavy atom. The highest BCUT2D eigenvalue weighted by Gasteiger charge is 2.40. The molecule has 0 radical (unpaired) electrons. The zero-order valence-electron chi connectivity index (χ0n) is 13.7. The van der Waals surface area contributed by atoms with Gasteiger partial charge in [0.25, 0.3) is 5.19 Å². The van der Waals surface area contributed by atoms with Crippen molar-refractivity contribution >= 4 is 24.8 Å². The van der Waals surface area contributed by atoms with Gasteiger partial charge in [0.05, 0.1) is 0 Å². The molecule has 21 heavy (non-hydrogen) atoms. The van der Waals surface area contributed by atoms with Gasteiger partial charge in [-0.3, -0.25) is 0 Å². The molecule has 5 nitrogen and oxygen atoms in total. The lowest BCUT2D eigenvalue weighted by molar-refractivity contribution is 0.0720. The molecule has 0 amide bonds. The zero-order chi connectivity index (χ0) is 15.7. The molecule has 1 aliphatic rings. The van der Waals surface area contributed by atoms with Crippen LogP contribution >= 0.6 is 11.3 Å². The largest absolute Gasteiger partial charge is 0.466 e. The summed E-state index contributed by atoms with van der Waals surface area (Å²) in [6.45, 7) is 11.5. The van der Waals surface area contributed by atoms with E-state index in [1.165, 1.54) is 11.3 Å². The molecule has 0 aromatic carbocycles. The molecule has 1 heterocycles. The molecule has 0 unspecified atom stereocenters. The quantitative estimate of drug-likeness (QED) is 0.850. The predicted octanol–water partition coefficient (Wildman–Crippen LogP) is 3.83. The molecule has 0 spiro atoms. The second kappa shape index (κ2) is 6.22. The second-order valence-electron chi connectivity index (χ2n) is 7.30. The lowest BCUT2D eigenvalue weighted by Crippen LogP contribution is -2.45. The van der Waals surface area contributed by atoms with Crippen LogP contribution < -0.4 is 10.5 Å². The van der Waals surface area contributed by atoms with Gasteiger partial charge in [-0.15, -0.1) is 5.10 Å². The summed E-state index contributed by atoms with van der Waals surface area (Å²) in [6.07, 6.45) is 4.75. The zero-order valence-corrected chi connectivity index (χ0v) is 15.5. The van der Waals surface area contributed by atoms with E-state index in [1.54, 1.807) is 0 Å². The third-order valence-electron chi connectivity index (χ3n) is 4.58. The molecular formula is C14H27N3O2SSi. The predicted molar refractivity (Wildman–Crippen MR) is 89.3 cm³/mol. The highest BCUT2D eigenvalue weighted by atomic mass is 32.1. The third-order valence-corrected chi connectivity index (χ3v) is 9.76. The van der Waals surface area contributed by atoms with Crippen LogP contribution in [-0.2, 0) is 4.43 Å². The van der Waals surface area contributed by atoms with Crippen molar-refractivity contribution in [1.82, 2.24) is 10.2 Å². The summed E-state index contributed by atoms with van der Waals surface area (Å²) < 4.78 is 12.3. The average Bonchev–Trinajstić information content (AvgIpc) is 2.75. The fourth-order valence-corrected chi connectivity index (χ4v) is 4.22. The van der Waals surface area contributed by atoms with E-state index >= 15 is 0 Å². The first-order valence-corrected chi connectivity index (χ1v) is 11.3. The molecule has 120 valence electrons. The molecular weight excluding hydrogens is 302 g/mol. The monoisotopic (exact) mass is 329 g/mol. The Morgan fingerprint density at radius 3 is 2.14 bits per heavy atom. The van der Waals surface area contributed by atoms with Gasteiger partial charge in [-0.1, -0.05) is 25.9 Å². The molecule has 1 saturated carbocycles. The van der Waals surface area contributed by atoms with Crippen molar-refractivity contribution in [1.29, 1.82) is 0 Å². The van der Waals surface area contributed by atoms with Gasteiger partial charge in [-0.2, -0.15) is 0 Å². The second-order valence-corrected chi connectivity index (χ2v) is 13.0. The number of nitrogens with zero attached hydrogens (tertiary/aromatic N) is 2. The summed E-state index contributed by atoms with van der Waals surface area (Å²) in [5.41, 5.74) is 5.57. The fraction of sp³-hybridized carbons (Fsp3) is 0.857. The van der Waals surface area contributed by atoms with Gasteiger partial charge in [-0.05, 0) is 55.2 Å². The highest BCUT2D eigenvalue weighted by molar-refractivity contribution is 7.16. The van der Waals surface area contributed by atoms with Crippen LogP contribution in [0.2, 0.25) is 18.1 Å². The number of anilines is 1. The van der Waals surface area contributed by atoms with Crippen LogP contribution in [0.15, 0.2) is 0 Å². The van der Waals surface area contributed by atoms with Crippen LogP contribution in [0.4, 0.5) is 5.13 Å². The molecule has 1 fully saturated rings. The number of aromatic nitrogens is 2. The van der Waals surface area contributed by atoms with Crippen LogP contribution in [0.25, 0.3) is 0 Å². The minimum absolute atomic E-state index is 0.219. The Bertz CT molecular complexity index is 465. The molecule has 1 aliphatic carbocycles. The number of nitrogens with two attached hydrogens (primary N) is 1. The van der Waals surface area contributed by atoms with E-state index in [1.807, 2.05) is 0 Å². The van der Waals surface area contributed by atoms with Gasteiger partial charge < -0.3 is 14.9 Å². The highest BCUT2D eigenvalue weighted by Crippen LogP contribution is 2.39. The van der Waals surface area contributed by atoms with E-state index in [-0.39, 0.29) is 11.1 Å². The summed E-state index contributed by atoms with van der Waals surface area (Å²) in [7, 11) is -1.66. The topological polar surface area (TPSA) is 70.3 Å². The Labute approximate surface area is 132 Å². The van der Waals surface area contributed by atoms with Gasteiger partial charge in [0, 0.05) is 6.10 Å². The van der Waals surface area contributed by atoms with Crippen LogP contribution in [0, 0.1) is 0 Å². The maximum absolute atomic E-state index is 6.48. The number of hydrogen-bond acceptors (Lipinski definition) is 6. The minimum atomic E-state index is -1.66. The third kappa shape index (κ3) is 4.40. The first-order valence-electron chi connectivity index (χ1n) is 7.61. The molecule has 0 aliphatic heterocycles. The molecule has 2 N–H and O–H groups in total. The van der Waals surface area contributed by atoms with Gasteiger partial charge in [-0.25, -0.2) is 0 Å². The van der Waals surface area contributed by atoms with Gasteiger partial charge in [0.2, 0.25) is 5.13 Å². The molecule has 0 atom stereocenters. The Kier molecular flexibility index (Phi) is 4.95. The Balaban J connectivity index is 1.81. The van der Waals surface area contributed by atoms with Gasteiger partial charge >= 0.3 is 0 Å². The summed E-state index contributed by atoms with van der Waals surface area (Å²) in [6, 6.07) is 0. The Hall–Kier alpha value is -0.663. The number of ether oxygens (including phenoxy) is 1. The summed E-state index contributed by atoms with van der Waals surface area (Å²) in [5, 5.41) is 9.00. The SMILES string of the molecule is CC(C)(C)[Si](C)(C)OC1CCC(Oc2nnc(N)s2)CC1.